The van der Waals surface area contributed by atoms with Crippen molar-refractivity contribution in [3.63, 3.8) is 0 Å². The van der Waals surface area contributed by atoms with Crippen molar-refractivity contribution in [1.29, 1.82) is 0 Å². The number of anilines is 4. The van der Waals surface area contributed by atoms with Gasteiger partial charge in [-0.1, -0.05) is 36.4 Å². The molecule has 10 rings (SSSR count). The van der Waals surface area contributed by atoms with E-state index in [-0.39, 0.29) is 29.7 Å². The molecule has 2 fully saturated rings. The molecule has 2 aliphatic carbocycles. The molecule has 0 aliphatic heterocycles. The lowest BCUT2D eigenvalue weighted by Crippen LogP contribution is -2.42. The van der Waals surface area contributed by atoms with Crippen molar-refractivity contribution in [3.05, 3.63) is 132 Å². The maximum Gasteiger partial charge on any atom is 0.354 e. The van der Waals surface area contributed by atoms with Crippen LogP contribution in [0, 0.1) is 13.8 Å². The number of carboxylic acids is 1. The second kappa shape index (κ2) is 20.9. The molecule has 0 saturated heterocycles. The van der Waals surface area contributed by atoms with Crippen LogP contribution in [0.5, 0.6) is 0 Å². The fourth-order valence-corrected chi connectivity index (χ4v) is 8.61. The number of aromatic carboxylic acids is 1. The number of para-hydroxylation sites is 2. The predicted molar refractivity (Wildman–Crippen MR) is 263 cm³/mol. The molecule has 2 saturated carbocycles. The van der Waals surface area contributed by atoms with Crippen molar-refractivity contribution in [1.82, 2.24) is 45.2 Å². The summed E-state index contributed by atoms with van der Waals surface area (Å²) in [4.78, 5) is 55.7. The van der Waals surface area contributed by atoms with E-state index in [1.54, 1.807) is 12.1 Å². The molecule has 8 aromatic rings. The second-order valence-electron chi connectivity index (χ2n) is 17.2. The minimum absolute atomic E-state index is 0.00852. The van der Waals surface area contributed by atoms with Crippen LogP contribution in [-0.4, -0.2) is 81.0 Å². The first-order chi connectivity index (χ1) is 32.5. The fraction of sp³-hybridized carbons (Fsp3) is 0.280. The summed E-state index contributed by atoms with van der Waals surface area (Å²) in [5, 5.41) is 20.8. The number of nitrogens with one attached hydrogen (secondary N) is 5. The molecule has 6 heterocycles. The number of pyridine rings is 2. The first kappa shape index (κ1) is 45.6. The minimum Gasteiger partial charge on any atom is -0.477 e. The number of benzene rings is 2. The Morgan fingerprint density at radius 3 is 1.61 bits per heavy atom. The Hall–Kier alpha value is -7.92. The van der Waals surface area contributed by atoms with Crippen molar-refractivity contribution >= 4 is 57.0 Å². The summed E-state index contributed by atoms with van der Waals surface area (Å²) in [6, 6.07) is 23.6. The van der Waals surface area contributed by atoms with Gasteiger partial charge in [-0.05, 0) is 113 Å². The van der Waals surface area contributed by atoms with Crippen molar-refractivity contribution in [3.8, 4) is 22.5 Å². The number of amides is 1. The molecule has 1 amide bonds. The molecule has 17 heteroatoms. The van der Waals surface area contributed by atoms with Crippen molar-refractivity contribution in [2.75, 3.05) is 22.1 Å². The Bertz CT molecular complexity index is 2950. The van der Waals surface area contributed by atoms with Gasteiger partial charge in [0.1, 0.15) is 11.4 Å². The summed E-state index contributed by atoms with van der Waals surface area (Å²) in [5.74, 6) is 0.0897. The standard InChI is InChI=1S/C25H27N7O.C19H23N5.C6H6N2O2/c1-15-12-29-25(32-23(15)20-14-28-21-8-3-2-7-19(20)21)31-18-6-4-5-17(11-18)30-24(33)22-10-9-16(26)13-27-22;1-12-10-22-19(23-14-6-4-5-13(20)9-14)24-18(12)16-11-21-17-8-3-2-7-15(16)17;7-4-1-2-5(6(9)10)8-3-4/h2-3,7-10,12-14,17-18,28H,4-6,11,26H2,1H3,(H,30,33)(H,29,31,32);2-3,7-8,10-11,13-14,21H,4-6,9,20H2,1H3,(H,22,23,24);1-3H,7H2,(H,9,10)/t17-,18+;13-,14+;/m00./s1. The van der Waals surface area contributed by atoms with Crippen LogP contribution in [-0.2, 0) is 0 Å². The van der Waals surface area contributed by atoms with Gasteiger partial charge in [0, 0.05) is 81.9 Å². The number of nitrogen functional groups attached to an aromatic ring is 2. The number of carboxylic acid groups (broad SMARTS) is 1. The van der Waals surface area contributed by atoms with Crippen molar-refractivity contribution in [2.45, 2.75) is 89.4 Å². The number of aromatic amines is 2. The highest BCUT2D eigenvalue weighted by Gasteiger charge is 2.25. The van der Waals surface area contributed by atoms with Crippen molar-refractivity contribution < 1.29 is 14.7 Å². The molecule has 0 radical (unpaired) electrons. The molecule has 12 N–H and O–H groups in total. The van der Waals surface area contributed by atoms with E-state index in [2.05, 4.69) is 83.1 Å². The summed E-state index contributed by atoms with van der Waals surface area (Å²) < 4.78 is 0. The number of hydrogen-bond acceptors (Lipinski definition) is 13. The van der Waals surface area contributed by atoms with Crippen LogP contribution in [0.4, 0.5) is 23.3 Å². The third-order valence-corrected chi connectivity index (χ3v) is 12.0. The number of carbonyl (C=O) groups is 2. The monoisotopic (exact) mass is 900 g/mol. The summed E-state index contributed by atoms with van der Waals surface area (Å²) in [5.41, 5.74) is 26.8. The first-order valence-electron chi connectivity index (χ1n) is 22.5. The van der Waals surface area contributed by atoms with Gasteiger partial charge in [0.05, 0.1) is 35.2 Å². The van der Waals surface area contributed by atoms with E-state index in [1.807, 2.05) is 49.9 Å². The molecule has 344 valence electrons. The minimum atomic E-state index is -1.04. The maximum atomic E-state index is 12.5. The van der Waals surface area contributed by atoms with Crippen LogP contribution in [0.25, 0.3) is 44.3 Å². The molecule has 2 aromatic carbocycles. The average Bonchev–Trinajstić information content (AvgIpc) is 3.96. The van der Waals surface area contributed by atoms with Gasteiger partial charge in [-0.25, -0.2) is 34.7 Å². The van der Waals surface area contributed by atoms with E-state index in [1.165, 1.54) is 36.3 Å². The van der Waals surface area contributed by atoms with Gasteiger partial charge in [-0.3, -0.25) is 4.79 Å². The molecule has 0 spiro atoms. The largest absolute Gasteiger partial charge is 0.477 e. The average molecular weight is 901 g/mol. The number of rotatable bonds is 9. The number of nitrogens with zero attached hydrogens (tertiary/aromatic N) is 6. The van der Waals surface area contributed by atoms with E-state index in [4.69, 9.17) is 32.3 Å². The lowest BCUT2D eigenvalue weighted by molar-refractivity contribution is 0.0690. The second-order valence-corrected chi connectivity index (χ2v) is 17.2. The van der Waals surface area contributed by atoms with Crippen LogP contribution >= 0.6 is 0 Å². The van der Waals surface area contributed by atoms with E-state index < -0.39 is 5.97 Å². The van der Waals surface area contributed by atoms with Gasteiger partial charge < -0.3 is 48.2 Å². The summed E-state index contributed by atoms with van der Waals surface area (Å²) in [7, 11) is 0. The number of aromatic nitrogens is 8. The highest BCUT2D eigenvalue weighted by molar-refractivity contribution is 5.96. The Morgan fingerprint density at radius 2 is 1.10 bits per heavy atom. The molecule has 6 aromatic heterocycles. The highest BCUT2D eigenvalue weighted by atomic mass is 16.4. The zero-order valence-electron chi connectivity index (χ0n) is 37.5. The number of nitrogens with two attached hydrogens (primary N) is 3. The normalized spacial score (nSPS) is 17.9. The van der Waals surface area contributed by atoms with E-state index in [9.17, 15) is 9.59 Å². The van der Waals surface area contributed by atoms with Gasteiger partial charge in [0.15, 0.2) is 0 Å². The Morgan fingerprint density at radius 1 is 0.612 bits per heavy atom. The van der Waals surface area contributed by atoms with Crippen LogP contribution in [0.1, 0.15) is 83.5 Å². The molecule has 4 atom stereocenters. The van der Waals surface area contributed by atoms with Crippen molar-refractivity contribution in [2.24, 2.45) is 5.73 Å². The van der Waals surface area contributed by atoms with E-state index >= 15 is 0 Å². The number of aryl methyl sites for hydroxylation is 2. The molecule has 0 bridgehead atoms. The highest BCUT2D eigenvalue weighted by Crippen LogP contribution is 2.32. The lowest BCUT2D eigenvalue weighted by Gasteiger charge is -2.30. The molecule has 67 heavy (non-hydrogen) atoms. The summed E-state index contributed by atoms with van der Waals surface area (Å²) in [6.07, 6.45) is 18.8. The summed E-state index contributed by atoms with van der Waals surface area (Å²) >= 11 is 0. The first-order valence-corrected chi connectivity index (χ1v) is 22.5. The van der Waals surface area contributed by atoms with E-state index in [0.717, 1.165) is 95.0 Å². The topological polar surface area (TPSA) is 277 Å². The third-order valence-electron chi connectivity index (χ3n) is 12.0. The molecular weight excluding hydrogens is 845 g/mol. The Kier molecular flexibility index (Phi) is 14.3. The van der Waals surface area contributed by atoms with Crippen LogP contribution in [0.3, 0.4) is 0 Å². The Labute approximate surface area is 387 Å². The van der Waals surface area contributed by atoms with Gasteiger partial charge >= 0.3 is 5.97 Å². The zero-order chi connectivity index (χ0) is 46.9. The quantitative estimate of drug-likeness (QED) is 0.0663. The number of H-pyrrole nitrogens is 2. The van der Waals surface area contributed by atoms with Crippen LogP contribution < -0.4 is 33.2 Å². The lowest BCUT2D eigenvalue weighted by atomic mass is 9.91. The van der Waals surface area contributed by atoms with Crippen LogP contribution in [0.2, 0.25) is 0 Å². The maximum absolute atomic E-state index is 12.5. The van der Waals surface area contributed by atoms with Gasteiger partial charge in [-0.15, -0.1) is 0 Å². The predicted octanol–water partition coefficient (Wildman–Crippen LogP) is 8.04. The third kappa shape index (κ3) is 11.5. The van der Waals surface area contributed by atoms with Gasteiger partial charge in [0.2, 0.25) is 11.9 Å². The summed E-state index contributed by atoms with van der Waals surface area (Å²) in [6.45, 7) is 4.08. The Balaban J connectivity index is 0.000000156. The molecule has 17 nitrogen and oxygen atoms in total. The number of carbonyl (C=O) groups excluding carboxylic acids is 1. The van der Waals surface area contributed by atoms with Gasteiger partial charge in [0.25, 0.3) is 5.91 Å². The number of fused-ring (bicyclic) bond motifs is 2. The smallest absolute Gasteiger partial charge is 0.354 e. The fourth-order valence-electron chi connectivity index (χ4n) is 8.61. The molecule has 2 aliphatic rings. The van der Waals surface area contributed by atoms with E-state index in [0.29, 0.717) is 35.0 Å². The SMILES string of the molecule is Cc1cnc(N[C@@H]2CCC[C@H](N)C2)nc1-c1c[nH]c2ccccc12.Cc1cnc(N[C@@H]2CCC[C@H](NC(=O)c3ccc(N)cn3)C2)nc1-c1c[nH]c2ccccc12.Nc1ccc(C(=O)O)nc1. The zero-order valence-corrected chi connectivity index (χ0v) is 37.5. The van der Waals surface area contributed by atoms with Crippen LogP contribution in [0.15, 0.2) is 110 Å². The number of hydrogen-bond donors (Lipinski definition) is 9. The molecular formula is C50H56N14O3. The van der Waals surface area contributed by atoms with Gasteiger partial charge in [-0.2, -0.15) is 0 Å². The molecule has 0 unspecified atom stereocenters.